The van der Waals surface area contributed by atoms with Gasteiger partial charge in [-0.1, -0.05) is 91.0 Å². The quantitative estimate of drug-likeness (QED) is 0.494. The minimum atomic E-state index is -0.889. The lowest BCUT2D eigenvalue weighted by Gasteiger charge is -2.38. The molecule has 0 aliphatic carbocycles. The number of aromatic nitrogens is 2. The molecule has 3 aromatic carbocycles. The summed E-state index contributed by atoms with van der Waals surface area (Å²) in [6, 6.07) is 30.8. The summed E-state index contributed by atoms with van der Waals surface area (Å²) in [5.74, 6) is -0.128. The van der Waals surface area contributed by atoms with Gasteiger partial charge in [-0.15, -0.1) is 0 Å². The third-order valence-electron chi connectivity index (χ3n) is 5.20. The zero-order valence-corrected chi connectivity index (χ0v) is 16.2. The summed E-state index contributed by atoms with van der Waals surface area (Å²) >= 11 is 0. The van der Waals surface area contributed by atoms with Crippen LogP contribution in [0, 0.1) is 6.92 Å². The fourth-order valence-electron chi connectivity index (χ4n) is 4.07. The average molecular weight is 382 g/mol. The second-order valence-corrected chi connectivity index (χ2v) is 7.03. The van der Waals surface area contributed by atoms with Gasteiger partial charge in [-0.05, 0) is 23.6 Å². The number of imidazole rings is 1. The fraction of sp³-hybridized carbons (Fsp3) is 0.120. The van der Waals surface area contributed by atoms with E-state index < -0.39 is 11.5 Å². The molecule has 0 aliphatic rings. The van der Waals surface area contributed by atoms with Crippen molar-refractivity contribution >= 4 is 5.97 Å². The molecular weight excluding hydrogens is 360 g/mol. The summed E-state index contributed by atoms with van der Waals surface area (Å²) in [7, 11) is 0. The molecule has 0 saturated heterocycles. The number of carboxylic acid groups (broad SMARTS) is 1. The van der Waals surface area contributed by atoms with Gasteiger partial charge in [-0.2, -0.15) is 0 Å². The molecular formula is C25H22N2O2. The molecule has 4 heteroatoms. The highest BCUT2D eigenvalue weighted by Crippen LogP contribution is 2.41. The highest BCUT2D eigenvalue weighted by Gasteiger charge is 2.39. The predicted octanol–water partition coefficient (Wildman–Crippen LogP) is 4.66. The number of nitrogens with zero attached hydrogens (tertiary/aromatic N) is 2. The van der Waals surface area contributed by atoms with Crippen molar-refractivity contribution in [1.82, 2.24) is 9.55 Å². The van der Waals surface area contributed by atoms with Crippen molar-refractivity contribution in [2.75, 3.05) is 0 Å². The fourth-order valence-corrected chi connectivity index (χ4v) is 4.07. The summed E-state index contributed by atoms with van der Waals surface area (Å²) in [6.45, 7) is 1.93. The Morgan fingerprint density at radius 1 is 0.828 bits per heavy atom. The maximum absolute atomic E-state index is 11.3. The van der Waals surface area contributed by atoms with E-state index in [0.29, 0.717) is 5.69 Å². The van der Waals surface area contributed by atoms with E-state index in [0.717, 1.165) is 22.5 Å². The molecule has 144 valence electrons. The summed E-state index contributed by atoms with van der Waals surface area (Å²) in [5.41, 5.74) is 3.12. The number of carbonyl (C=O) groups is 1. The second kappa shape index (κ2) is 7.76. The van der Waals surface area contributed by atoms with Crippen LogP contribution in [-0.4, -0.2) is 20.6 Å². The topological polar surface area (TPSA) is 55.1 Å². The first-order valence-electron chi connectivity index (χ1n) is 9.56. The minimum Gasteiger partial charge on any atom is -0.481 e. The van der Waals surface area contributed by atoms with Crippen molar-refractivity contribution in [2.45, 2.75) is 18.9 Å². The van der Waals surface area contributed by atoms with Crippen LogP contribution in [0.15, 0.2) is 97.2 Å². The van der Waals surface area contributed by atoms with Crippen molar-refractivity contribution in [1.29, 1.82) is 0 Å². The van der Waals surface area contributed by atoms with Crippen LogP contribution in [0.5, 0.6) is 0 Å². The van der Waals surface area contributed by atoms with Gasteiger partial charge < -0.3 is 9.67 Å². The highest BCUT2D eigenvalue weighted by molar-refractivity contribution is 5.69. The summed E-state index contributed by atoms with van der Waals surface area (Å²) in [6.07, 6.45) is 1.76. The molecule has 0 radical (unpaired) electrons. The molecule has 29 heavy (non-hydrogen) atoms. The molecule has 0 saturated carbocycles. The summed E-state index contributed by atoms with van der Waals surface area (Å²) < 4.78 is 2.10. The van der Waals surface area contributed by atoms with Gasteiger partial charge in [-0.25, -0.2) is 4.98 Å². The lowest BCUT2D eigenvalue weighted by Crippen LogP contribution is -2.38. The maximum Gasteiger partial charge on any atom is 0.309 e. The van der Waals surface area contributed by atoms with Crippen LogP contribution in [0.4, 0.5) is 0 Å². The van der Waals surface area contributed by atoms with Gasteiger partial charge in [0.2, 0.25) is 0 Å². The van der Waals surface area contributed by atoms with Crippen molar-refractivity contribution < 1.29 is 9.90 Å². The summed E-state index contributed by atoms with van der Waals surface area (Å²) in [4.78, 5) is 15.9. The van der Waals surface area contributed by atoms with Crippen molar-refractivity contribution in [2.24, 2.45) is 0 Å². The van der Waals surface area contributed by atoms with E-state index in [2.05, 4.69) is 45.9 Å². The van der Waals surface area contributed by atoms with E-state index in [-0.39, 0.29) is 6.42 Å². The third kappa shape index (κ3) is 3.34. The molecule has 1 aromatic heterocycles. The number of hydrogen-bond acceptors (Lipinski definition) is 2. The molecule has 0 spiro atoms. The molecule has 4 aromatic rings. The number of aliphatic carboxylic acids is 1. The third-order valence-corrected chi connectivity index (χ3v) is 5.20. The van der Waals surface area contributed by atoms with Crippen molar-refractivity contribution in [3.05, 3.63) is 125 Å². The first-order chi connectivity index (χ1) is 14.1. The van der Waals surface area contributed by atoms with Crippen LogP contribution in [0.1, 0.15) is 28.2 Å². The largest absolute Gasteiger partial charge is 0.481 e. The van der Waals surface area contributed by atoms with Crippen molar-refractivity contribution in [3.8, 4) is 0 Å². The molecule has 1 heterocycles. The van der Waals surface area contributed by atoms with E-state index in [9.17, 15) is 9.90 Å². The molecule has 0 bridgehead atoms. The van der Waals surface area contributed by atoms with Gasteiger partial charge in [0, 0.05) is 6.20 Å². The lowest BCUT2D eigenvalue weighted by molar-refractivity contribution is -0.136. The van der Waals surface area contributed by atoms with Gasteiger partial charge >= 0.3 is 5.97 Å². The molecule has 0 amide bonds. The van der Waals surface area contributed by atoms with Gasteiger partial charge in [0.05, 0.1) is 12.1 Å². The molecule has 4 nitrogen and oxygen atoms in total. The molecule has 0 atom stereocenters. The first kappa shape index (κ1) is 18.7. The Kier molecular flexibility index (Phi) is 5.00. The van der Waals surface area contributed by atoms with E-state index in [4.69, 9.17) is 0 Å². The standard InChI is InChI=1S/C25H22N2O2/c1-19-26-23(17-24(28)29)18-27(19)25(20-11-5-2-6-12-20,21-13-7-3-8-14-21)22-15-9-4-10-16-22/h2-16,18H,17H2,1H3,(H,28,29). The number of benzene rings is 3. The van der Waals surface area contributed by atoms with Gasteiger partial charge in [0.1, 0.15) is 11.4 Å². The second-order valence-electron chi connectivity index (χ2n) is 7.03. The smallest absolute Gasteiger partial charge is 0.309 e. The first-order valence-corrected chi connectivity index (χ1v) is 9.56. The zero-order valence-electron chi connectivity index (χ0n) is 16.2. The Morgan fingerprint density at radius 2 is 1.24 bits per heavy atom. The Labute approximate surface area is 170 Å². The van der Waals surface area contributed by atoms with E-state index >= 15 is 0 Å². The van der Waals surface area contributed by atoms with E-state index in [1.54, 1.807) is 0 Å². The molecule has 0 unspecified atom stereocenters. The summed E-state index contributed by atoms with van der Waals surface area (Å²) in [5, 5.41) is 9.27. The number of hydrogen-bond donors (Lipinski definition) is 1. The van der Waals surface area contributed by atoms with Crippen LogP contribution in [0.25, 0.3) is 0 Å². The number of rotatable bonds is 6. The number of carboxylic acids is 1. The Hall–Kier alpha value is -3.66. The molecule has 4 rings (SSSR count). The maximum atomic E-state index is 11.3. The Morgan fingerprint density at radius 3 is 1.62 bits per heavy atom. The Bertz CT molecular complexity index is 1010. The molecule has 0 fully saturated rings. The Balaban J connectivity index is 2.09. The predicted molar refractivity (Wildman–Crippen MR) is 113 cm³/mol. The zero-order chi connectivity index (χ0) is 20.3. The van der Waals surface area contributed by atoms with Crippen LogP contribution in [-0.2, 0) is 16.8 Å². The van der Waals surface area contributed by atoms with Crippen LogP contribution >= 0.6 is 0 Å². The van der Waals surface area contributed by atoms with Crippen LogP contribution in [0.2, 0.25) is 0 Å². The van der Waals surface area contributed by atoms with Crippen molar-refractivity contribution in [3.63, 3.8) is 0 Å². The normalized spacial score (nSPS) is 11.3. The SMILES string of the molecule is Cc1nc(CC(=O)O)cn1C(c1ccccc1)(c1ccccc1)c1ccccc1. The molecule has 1 N–H and O–H groups in total. The van der Waals surface area contributed by atoms with Crippen LogP contribution in [0.3, 0.4) is 0 Å². The molecule has 0 aliphatic heterocycles. The van der Waals surface area contributed by atoms with Gasteiger partial charge in [0.25, 0.3) is 0 Å². The van der Waals surface area contributed by atoms with Crippen LogP contribution < -0.4 is 0 Å². The average Bonchev–Trinajstić information content (AvgIpc) is 3.10. The van der Waals surface area contributed by atoms with Gasteiger partial charge in [0.15, 0.2) is 0 Å². The lowest BCUT2D eigenvalue weighted by atomic mass is 9.76. The van der Waals surface area contributed by atoms with Gasteiger partial charge in [-0.3, -0.25) is 4.79 Å². The minimum absolute atomic E-state index is 0.109. The van der Waals surface area contributed by atoms with E-state index in [1.165, 1.54) is 0 Å². The monoisotopic (exact) mass is 382 g/mol. The highest BCUT2D eigenvalue weighted by atomic mass is 16.4. The van der Waals surface area contributed by atoms with E-state index in [1.807, 2.05) is 67.7 Å². The number of aryl methyl sites for hydroxylation is 1.